The molecular weight excluding hydrogens is 694 g/mol. The summed E-state index contributed by atoms with van der Waals surface area (Å²) in [7, 11) is 0. The van der Waals surface area contributed by atoms with Crippen LogP contribution in [0.1, 0.15) is 31.4 Å². The molecule has 0 radical (unpaired) electrons. The first-order valence-corrected chi connectivity index (χ1v) is 17.5. The number of ketones is 1. The van der Waals surface area contributed by atoms with Gasteiger partial charge in [-0.05, 0) is 34.2 Å². The van der Waals surface area contributed by atoms with Gasteiger partial charge in [0.1, 0.15) is 30.8 Å². The van der Waals surface area contributed by atoms with E-state index in [0.717, 1.165) is 21.9 Å². The van der Waals surface area contributed by atoms with Crippen LogP contribution in [0.4, 0.5) is 4.79 Å². The molecule has 14 heteroatoms. The van der Waals surface area contributed by atoms with E-state index >= 15 is 0 Å². The van der Waals surface area contributed by atoms with Crippen molar-refractivity contribution in [1.82, 2.24) is 21.3 Å². The first-order chi connectivity index (χ1) is 25.9. The minimum atomic E-state index is -1.53. The first kappa shape index (κ1) is 42.6. The molecule has 0 aliphatic heterocycles. The third-order valence-electron chi connectivity index (χ3n) is 7.96. The average Bonchev–Trinajstić information content (AvgIpc) is 3.15. The van der Waals surface area contributed by atoms with Gasteiger partial charge in [0.05, 0.1) is 26.4 Å². The van der Waals surface area contributed by atoms with Crippen LogP contribution in [0.5, 0.6) is 0 Å². The Kier molecular flexibility index (Phi) is 17.5. The molecule has 3 aromatic carbocycles. The van der Waals surface area contributed by atoms with Gasteiger partial charge in [-0.1, -0.05) is 98.8 Å². The fourth-order valence-electron chi connectivity index (χ4n) is 5.27. The Morgan fingerprint density at radius 3 is 1.91 bits per heavy atom. The quantitative estimate of drug-likeness (QED) is 0.0550. The normalized spacial score (nSPS) is 13.1. The zero-order valence-electron chi connectivity index (χ0n) is 30.6. The Labute approximate surface area is 314 Å². The van der Waals surface area contributed by atoms with Crippen LogP contribution in [0.3, 0.4) is 0 Å². The van der Waals surface area contributed by atoms with E-state index in [9.17, 15) is 28.8 Å². The number of nitrogens with one attached hydrogen (secondary N) is 4. The summed E-state index contributed by atoms with van der Waals surface area (Å²) < 4.78 is 16.1. The molecule has 0 saturated heterocycles. The zero-order chi connectivity index (χ0) is 39.5. The summed E-state index contributed by atoms with van der Waals surface area (Å²) in [6.07, 6.45) is 2.22. The maximum absolute atomic E-state index is 13.6. The standard InChI is InChI=1S/C40H49N5O9/c1-5-18-52-24-33(43-37(48)32(20-26(3)4)45-40(51)54-23-27-12-8-7-9-13-27)35(46)39(50)44-34(25-53-19-6-2)38(49)42-31(36(41)47)22-28-16-17-29-14-10-11-15-30(29)21-28/h5-17,21,26,31-34H,1-2,18-20,22-25H2,3-4H3,(H2,41,47)(H,42,49)(H,43,48)(H,44,50)(H,45,51)/t31-,32-,33?,34-/m0/s1. The number of nitrogens with two attached hydrogens (primary N) is 1. The minimum Gasteiger partial charge on any atom is -0.445 e. The van der Waals surface area contributed by atoms with E-state index in [2.05, 4.69) is 34.4 Å². The average molecular weight is 744 g/mol. The molecule has 0 heterocycles. The van der Waals surface area contributed by atoms with Gasteiger partial charge in [-0.3, -0.25) is 24.0 Å². The lowest BCUT2D eigenvalue weighted by atomic mass is 10.0. The van der Waals surface area contributed by atoms with E-state index in [1.54, 1.807) is 24.3 Å². The van der Waals surface area contributed by atoms with Crippen molar-refractivity contribution in [2.24, 2.45) is 11.7 Å². The number of carbonyl (C=O) groups is 6. The highest BCUT2D eigenvalue weighted by molar-refractivity contribution is 6.39. The second-order valence-corrected chi connectivity index (χ2v) is 12.8. The van der Waals surface area contributed by atoms with Crippen LogP contribution in [0, 0.1) is 5.92 Å². The molecule has 1 unspecified atom stereocenters. The molecule has 0 aliphatic carbocycles. The fraction of sp³-hybridized carbons (Fsp3) is 0.350. The zero-order valence-corrected chi connectivity index (χ0v) is 30.6. The number of rotatable bonds is 23. The van der Waals surface area contributed by atoms with Gasteiger partial charge < -0.3 is 41.2 Å². The number of benzene rings is 3. The first-order valence-electron chi connectivity index (χ1n) is 17.5. The molecule has 0 aliphatic rings. The molecule has 3 aromatic rings. The largest absolute Gasteiger partial charge is 0.445 e. The van der Waals surface area contributed by atoms with Crippen molar-refractivity contribution in [3.8, 4) is 0 Å². The maximum Gasteiger partial charge on any atom is 0.408 e. The molecule has 6 N–H and O–H groups in total. The molecule has 3 rings (SSSR count). The highest BCUT2D eigenvalue weighted by Gasteiger charge is 2.34. The number of fused-ring (bicyclic) bond motifs is 1. The third-order valence-corrected chi connectivity index (χ3v) is 7.96. The molecule has 4 atom stereocenters. The van der Waals surface area contributed by atoms with E-state index < -0.39 is 72.9 Å². The highest BCUT2D eigenvalue weighted by Crippen LogP contribution is 2.17. The number of primary amides is 1. The van der Waals surface area contributed by atoms with Gasteiger partial charge >= 0.3 is 6.09 Å². The van der Waals surface area contributed by atoms with Crippen molar-refractivity contribution >= 4 is 46.3 Å². The van der Waals surface area contributed by atoms with Gasteiger partial charge in [-0.2, -0.15) is 0 Å². The predicted octanol–water partition coefficient (Wildman–Crippen LogP) is 2.64. The van der Waals surface area contributed by atoms with Crippen molar-refractivity contribution in [1.29, 1.82) is 0 Å². The molecule has 0 saturated carbocycles. The topological polar surface area (TPSA) is 204 Å². The fourth-order valence-corrected chi connectivity index (χ4v) is 5.27. The van der Waals surface area contributed by atoms with Gasteiger partial charge in [-0.25, -0.2) is 4.79 Å². The Morgan fingerprint density at radius 1 is 0.685 bits per heavy atom. The van der Waals surface area contributed by atoms with E-state index in [1.807, 2.05) is 62.4 Å². The lowest BCUT2D eigenvalue weighted by Gasteiger charge is -2.25. The predicted molar refractivity (Wildman–Crippen MR) is 203 cm³/mol. The van der Waals surface area contributed by atoms with Crippen LogP contribution < -0.4 is 27.0 Å². The number of amides is 5. The van der Waals surface area contributed by atoms with Crippen molar-refractivity contribution in [2.45, 2.75) is 57.5 Å². The van der Waals surface area contributed by atoms with Crippen LogP contribution in [0.2, 0.25) is 0 Å². The second kappa shape index (κ2) is 22.3. The van der Waals surface area contributed by atoms with Crippen LogP contribution >= 0.6 is 0 Å². The molecule has 54 heavy (non-hydrogen) atoms. The Hall–Kier alpha value is -5.86. The number of alkyl carbamates (subject to hydrolysis) is 1. The molecule has 0 fully saturated rings. The van der Waals surface area contributed by atoms with Crippen LogP contribution in [0.15, 0.2) is 98.1 Å². The number of ether oxygens (including phenoxy) is 3. The number of Topliss-reactive ketones (excluding diaryl/α,β-unsaturated/α-hetero) is 1. The summed E-state index contributed by atoms with van der Waals surface area (Å²) in [6, 6.07) is 16.9. The second-order valence-electron chi connectivity index (χ2n) is 12.8. The Balaban J connectivity index is 1.73. The van der Waals surface area contributed by atoms with Gasteiger partial charge in [0.15, 0.2) is 0 Å². The maximum atomic E-state index is 13.6. The van der Waals surface area contributed by atoms with E-state index in [-0.39, 0.29) is 38.6 Å². The van der Waals surface area contributed by atoms with Gasteiger partial charge in [0.25, 0.3) is 5.91 Å². The molecular formula is C40H49N5O9. The van der Waals surface area contributed by atoms with Gasteiger partial charge in [-0.15, -0.1) is 13.2 Å². The smallest absolute Gasteiger partial charge is 0.408 e. The molecule has 0 bridgehead atoms. The summed E-state index contributed by atoms with van der Waals surface area (Å²) in [6.45, 7) is 9.95. The molecule has 5 amide bonds. The number of hydrogen-bond donors (Lipinski definition) is 5. The van der Waals surface area contributed by atoms with Crippen molar-refractivity contribution in [3.63, 3.8) is 0 Å². The summed E-state index contributed by atoms with van der Waals surface area (Å²) in [5, 5.41) is 11.9. The van der Waals surface area contributed by atoms with Gasteiger partial charge in [0, 0.05) is 6.42 Å². The highest BCUT2D eigenvalue weighted by atomic mass is 16.5. The molecule has 0 spiro atoms. The minimum absolute atomic E-state index is 0.00705. The van der Waals surface area contributed by atoms with Crippen LogP contribution in [-0.2, 0) is 51.2 Å². The summed E-state index contributed by atoms with van der Waals surface area (Å²) in [4.78, 5) is 79.1. The summed E-state index contributed by atoms with van der Waals surface area (Å²) in [5.41, 5.74) is 7.12. The summed E-state index contributed by atoms with van der Waals surface area (Å²) >= 11 is 0. The SMILES string of the molecule is C=CCOCC(NC(=O)[C@H](CC(C)C)NC(=O)OCc1ccccc1)C(=O)C(=O)N[C@@H](COCC=C)C(=O)N[C@@H](Cc1ccc2ccccc2c1)C(N)=O. The van der Waals surface area contributed by atoms with E-state index in [4.69, 9.17) is 19.9 Å². The lowest BCUT2D eigenvalue weighted by molar-refractivity contribution is -0.143. The van der Waals surface area contributed by atoms with Gasteiger partial charge in [0.2, 0.25) is 23.5 Å². The van der Waals surface area contributed by atoms with Crippen LogP contribution in [0.25, 0.3) is 10.8 Å². The van der Waals surface area contributed by atoms with Crippen molar-refractivity contribution in [3.05, 3.63) is 109 Å². The molecule has 0 aromatic heterocycles. The lowest BCUT2D eigenvalue weighted by Crippen LogP contribution is -2.59. The van der Waals surface area contributed by atoms with E-state index in [1.165, 1.54) is 12.2 Å². The van der Waals surface area contributed by atoms with Crippen molar-refractivity contribution in [2.75, 3.05) is 26.4 Å². The Bertz CT molecular complexity index is 1760. The molecule has 288 valence electrons. The summed E-state index contributed by atoms with van der Waals surface area (Å²) in [5.74, 6) is -4.89. The van der Waals surface area contributed by atoms with E-state index in [0.29, 0.717) is 0 Å². The van der Waals surface area contributed by atoms with Crippen molar-refractivity contribution < 1.29 is 43.0 Å². The Morgan fingerprint density at radius 2 is 1.28 bits per heavy atom. The number of carbonyl (C=O) groups excluding carboxylic acids is 6. The van der Waals surface area contributed by atoms with Crippen LogP contribution in [-0.4, -0.2) is 86.1 Å². The third kappa shape index (κ3) is 14.3. The number of hydrogen-bond acceptors (Lipinski definition) is 9. The monoisotopic (exact) mass is 743 g/mol. The molecule has 14 nitrogen and oxygen atoms in total.